The third-order valence-corrected chi connectivity index (χ3v) is 2.53. The molecule has 0 fully saturated rings. The molecule has 0 aromatic carbocycles. The van der Waals surface area contributed by atoms with Crippen LogP contribution in [0.2, 0.25) is 0 Å². The Balaban J connectivity index is 0. The summed E-state index contributed by atoms with van der Waals surface area (Å²) in [7, 11) is 0. The smallest absolute Gasteiger partial charge is 0 e. The fourth-order valence-electron chi connectivity index (χ4n) is 1.61. The standard InChI is InChI=1S/C13H25.C/c1-3-5-7-9-11-13-12-10-8-6-4-2;/h3-13H2,1H3;. The highest BCUT2D eigenvalue weighted by Crippen LogP contribution is 2.10. The second kappa shape index (κ2) is 15.5. The largest absolute Gasteiger partial charge is 0.0654 e. The topological polar surface area (TPSA) is 0 Å². The van der Waals surface area contributed by atoms with Gasteiger partial charge in [0, 0.05) is 7.43 Å². The summed E-state index contributed by atoms with van der Waals surface area (Å²) >= 11 is 0. The predicted octanol–water partition coefficient (Wildman–Crippen LogP) is 4.97. The molecule has 0 aliphatic rings. The van der Waals surface area contributed by atoms with Crippen LogP contribution < -0.4 is 0 Å². The van der Waals surface area contributed by atoms with Crippen LogP contribution in [0.1, 0.15) is 77.6 Å². The van der Waals surface area contributed by atoms with Crippen LogP contribution in [-0.4, -0.2) is 0 Å². The van der Waals surface area contributed by atoms with E-state index in [0.717, 1.165) is 6.42 Å². The van der Waals surface area contributed by atoms with Gasteiger partial charge in [0.05, 0.1) is 0 Å². The zero-order chi connectivity index (χ0) is 9.78. The first-order valence-corrected chi connectivity index (χ1v) is 6.06. The van der Waals surface area contributed by atoms with E-state index < -0.39 is 0 Å². The van der Waals surface area contributed by atoms with Gasteiger partial charge >= 0.3 is 0 Å². The highest BCUT2D eigenvalue weighted by molar-refractivity contribution is 4.48. The van der Waals surface area contributed by atoms with Gasteiger partial charge in [0.2, 0.25) is 0 Å². The van der Waals surface area contributed by atoms with Crippen molar-refractivity contribution in [3.05, 3.63) is 14.4 Å². The van der Waals surface area contributed by atoms with E-state index in [9.17, 15) is 0 Å². The van der Waals surface area contributed by atoms with Crippen molar-refractivity contribution in [1.82, 2.24) is 0 Å². The SMILES string of the molecule is [C].[C]CCCCCCCCCCCC. The van der Waals surface area contributed by atoms with Crippen molar-refractivity contribution in [2.75, 3.05) is 0 Å². The zero-order valence-electron chi connectivity index (χ0n) is 9.78. The van der Waals surface area contributed by atoms with Gasteiger partial charge in [-0.3, -0.25) is 0 Å². The summed E-state index contributed by atoms with van der Waals surface area (Å²) in [5.74, 6) is 0. The molecular formula is C14H25. The average molecular weight is 193 g/mol. The molecule has 14 heavy (non-hydrogen) atoms. The second-order valence-electron chi connectivity index (χ2n) is 3.93. The Morgan fingerprint density at radius 1 is 0.643 bits per heavy atom. The van der Waals surface area contributed by atoms with Crippen molar-refractivity contribution in [2.24, 2.45) is 0 Å². The van der Waals surface area contributed by atoms with E-state index in [1.807, 2.05) is 0 Å². The molecule has 81 valence electrons. The Kier molecular flexibility index (Phi) is 18.2. The van der Waals surface area contributed by atoms with Gasteiger partial charge in [0.1, 0.15) is 0 Å². The maximum Gasteiger partial charge on any atom is 0 e. The van der Waals surface area contributed by atoms with Crippen molar-refractivity contribution < 1.29 is 0 Å². The summed E-state index contributed by atoms with van der Waals surface area (Å²) in [6, 6.07) is 0. The molecule has 0 bridgehead atoms. The second-order valence-corrected chi connectivity index (χ2v) is 3.93. The molecule has 0 unspecified atom stereocenters. The monoisotopic (exact) mass is 193 g/mol. The third kappa shape index (κ3) is 14.5. The molecule has 0 aliphatic carbocycles. The summed E-state index contributed by atoms with van der Waals surface area (Å²) in [4.78, 5) is 0. The van der Waals surface area contributed by atoms with Crippen LogP contribution in [0.5, 0.6) is 0 Å². The van der Waals surface area contributed by atoms with Crippen LogP contribution >= 0.6 is 0 Å². The number of unbranched alkanes of at least 4 members (excludes halogenated alkanes) is 10. The lowest BCUT2D eigenvalue weighted by molar-refractivity contribution is 0.557. The zero-order valence-corrected chi connectivity index (χ0v) is 9.78. The molecule has 0 aliphatic heterocycles. The number of hydrogen-bond donors (Lipinski definition) is 0. The Morgan fingerprint density at radius 3 is 1.36 bits per heavy atom. The third-order valence-electron chi connectivity index (χ3n) is 2.53. The van der Waals surface area contributed by atoms with Gasteiger partial charge in [-0.2, -0.15) is 0 Å². The van der Waals surface area contributed by atoms with Crippen molar-refractivity contribution in [2.45, 2.75) is 77.6 Å². The summed E-state index contributed by atoms with van der Waals surface area (Å²) in [5, 5.41) is 0. The average Bonchev–Trinajstić information content (AvgIpc) is 2.16. The molecule has 0 N–H and O–H groups in total. The van der Waals surface area contributed by atoms with Crippen molar-refractivity contribution in [3.8, 4) is 0 Å². The van der Waals surface area contributed by atoms with E-state index in [0.29, 0.717) is 6.42 Å². The number of hydrogen-bond acceptors (Lipinski definition) is 0. The molecule has 0 heterocycles. The summed E-state index contributed by atoms with van der Waals surface area (Å²) < 4.78 is 0. The van der Waals surface area contributed by atoms with Gasteiger partial charge in [0.15, 0.2) is 0 Å². The Bertz CT molecular complexity index is 66.1. The maximum absolute atomic E-state index is 7.00. The fraction of sp³-hybridized carbons (Fsp3) is 0.857. The Morgan fingerprint density at radius 2 is 1.00 bits per heavy atom. The molecule has 0 amide bonds. The number of rotatable bonds is 10. The van der Waals surface area contributed by atoms with Crippen LogP contribution in [0.4, 0.5) is 0 Å². The molecular weight excluding hydrogens is 168 g/mol. The molecule has 0 rings (SSSR count). The van der Waals surface area contributed by atoms with Gasteiger partial charge in [-0.05, 0) is 13.3 Å². The Hall–Kier alpha value is 0. The minimum absolute atomic E-state index is 0. The van der Waals surface area contributed by atoms with E-state index >= 15 is 0 Å². The highest BCUT2D eigenvalue weighted by atomic mass is 14.0. The first-order chi connectivity index (χ1) is 6.41. The fourth-order valence-corrected chi connectivity index (χ4v) is 1.61. The summed E-state index contributed by atoms with van der Waals surface area (Å²) in [5.41, 5.74) is 0. The molecule has 0 saturated carbocycles. The Labute approximate surface area is 92.5 Å². The van der Waals surface area contributed by atoms with Crippen LogP contribution in [0.25, 0.3) is 0 Å². The lowest BCUT2D eigenvalue weighted by Crippen LogP contribution is -1.81. The van der Waals surface area contributed by atoms with Crippen LogP contribution in [0.15, 0.2) is 0 Å². The summed E-state index contributed by atoms with van der Waals surface area (Å²) in [6.45, 7) is 9.26. The first kappa shape index (κ1) is 16.4. The maximum atomic E-state index is 7.00. The minimum atomic E-state index is 0. The molecule has 0 atom stereocenters. The molecule has 0 heteroatoms. The van der Waals surface area contributed by atoms with E-state index in [1.165, 1.54) is 57.8 Å². The van der Waals surface area contributed by atoms with Gasteiger partial charge in [-0.15, -0.1) is 0 Å². The van der Waals surface area contributed by atoms with Gasteiger partial charge in [0.25, 0.3) is 0 Å². The summed E-state index contributed by atoms with van der Waals surface area (Å²) in [6.07, 6.45) is 14.2. The van der Waals surface area contributed by atoms with Gasteiger partial charge in [-0.25, -0.2) is 0 Å². The lowest BCUT2D eigenvalue weighted by Gasteiger charge is -2.00. The van der Waals surface area contributed by atoms with Crippen LogP contribution in [0.3, 0.4) is 0 Å². The quantitative estimate of drug-likeness (QED) is 0.430. The van der Waals surface area contributed by atoms with Crippen LogP contribution in [0, 0.1) is 14.4 Å². The van der Waals surface area contributed by atoms with Gasteiger partial charge in [-0.1, -0.05) is 71.1 Å². The van der Waals surface area contributed by atoms with E-state index in [-0.39, 0.29) is 7.43 Å². The van der Waals surface area contributed by atoms with Gasteiger partial charge < -0.3 is 0 Å². The van der Waals surface area contributed by atoms with Crippen LogP contribution in [-0.2, 0) is 0 Å². The molecule has 7 radical (unpaired) electrons. The van der Waals surface area contributed by atoms with Crippen molar-refractivity contribution >= 4 is 0 Å². The van der Waals surface area contributed by atoms with E-state index in [2.05, 4.69) is 6.92 Å². The molecule has 0 nitrogen and oxygen atoms in total. The van der Waals surface area contributed by atoms with E-state index in [4.69, 9.17) is 6.92 Å². The normalized spacial score (nSPS) is 9.86. The first-order valence-electron chi connectivity index (χ1n) is 6.06. The predicted molar refractivity (Wildman–Crippen MR) is 62.9 cm³/mol. The highest BCUT2D eigenvalue weighted by Gasteiger charge is 1.91. The lowest BCUT2D eigenvalue weighted by atomic mass is 10.1. The van der Waals surface area contributed by atoms with E-state index in [1.54, 1.807) is 0 Å². The van der Waals surface area contributed by atoms with Crippen molar-refractivity contribution in [1.29, 1.82) is 0 Å². The molecule has 0 spiro atoms. The molecule has 0 aromatic heterocycles. The molecule has 0 saturated heterocycles. The molecule has 0 aromatic rings. The van der Waals surface area contributed by atoms with Crippen molar-refractivity contribution in [3.63, 3.8) is 0 Å². The minimum Gasteiger partial charge on any atom is -0.0654 e.